The summed E-state index contributed by atoms with van der Waals surface area (Å²) in [5.41, 5.74) is 1.88. The zero-order valence-electron chi connectivity index (χ0n) is 13.9. The van der Waals surface area contributed by atoms with Crippen LogP contribution in [0, 0.1) is 0 Å². The number of benzene rings is 2. The van der Waals surface area contributed by atoms with Crippen molar-refractivity contribution in [1.29, 1.82) is 0 Å². The molecule has 140 valence electrons. The van der Waals surface area contributed by atoms with Gasteiger partial charge in [-0.25, -0.2) is 0 Å². The molecule has 1 aliphatic rings. The minimum atomic E-state index is -0.284. The van der Waals surface area contributed by atoms with Crippen molar-refractivity contribution in [3.05, 3.63) is 61.7 Å². The van der Waals surface area contributed by atoms with Crippen molar-refractivity contribution in [2.45, 2.75) is 6.61 Å². The van der Waals surface area contributed by atoms with Gasteiger partial charge in [-0.15, -0.1) is 0 Å². The molecule has 1 amide bonds. The summed E-state index contributed by atoms with van der Waals surface area (Å²) in [5.74, 6) is 0.736. The van der Waals surface area contributed by atoms with Crippen LogP contribution in [-0.2, 0) is 11.4 Å². The number of amides is 1. The molecular weight excluding hydrogens is 475 g/mol. The smallest absolute Gasteiger partial charge is 0.273 e. The first-order valence-corrected chi connectivity index (χ1v) is 9.61. The molecule has 2 aromatic carbocycles. The van der Waals surface area contributed by atoms with Crippen molar-refractivity contribution in [3.63, 3.8) is 0 Å². The van der Waals surface area contributed by atoms with E-state index in [1.54, 1.807) is 30.3 Å². The van der Waals surface area contributed by atoms with Crippen LogP contribution in [0.5, 0.6) is 11.5 Å². The molecule has 0 aliphatic carbocycles. The monoisotopic (exact) mass is 486 g/mol. The summed E-state index contributed by atoms with van der Waals surface area (Å²) in [7, 11) is 1.54. The van der Waals surface area contributed by atoms with Crippen molar-refractivity contribution in [2.24, 2.45) is 0 Å². The van der Waals surface area contributed by atoms with E-state index in [1.807, 2.05) is 6.07 Å². The molecule has 0 unspecified atom stereocenters. The molecule has 1 fully saturated rings. The number of thiocarbonyl (C=S) groups is 1. The van der Waals surface area contributed by atoms with Gasteiger partial charge in [0.2, 0.25) is 0 Å². The maximum atomic E-state index is 11.8. The molecular formula is C18H13BrCl2N2O3S. The SMILES string of the molecule is COc1cc(/C=C2/NC(=S)NC2=O)cc(Br)c1OCc1ccc(Cl)cc1Cl. The van der Waals surface area contributed by atoms with Crippen LogP contribution in [0.2, 0.25) is 10.0 Å². The van der Waals surface area contributed by atoms with Crippen molar-refractivity contribution in [1.82, 2.24) is 10.6 Å². The third-order valence-electron chi connectivity index (χ3n) is 3.67. The van der Waals surface area contributed by atoms with Crippen LogP contribution in [0.15, 0.2) is 40.5 Å². The van der Waals surface area contributed by atoms with Crippen LogP contribution >= 0.6 is 51.3 Å². The Morgan fingerprint density at radius 3 is 2.63 bits per heavy atom. The van der Waals surface area contributed by atoms with E-state index < -0.39 is 0 Å². The number of ether oxygens (including phenoxy) is 2. The van der Waals surface area contributed by atoms with E-state index in [0.717, 1.165) is 11.1 Å². The Labute approximate surface area is 179 Å². The van der Waals surface area contributed by atoms with Gasteiger partial charge in [-0.05, 0) is 64.1 Å². The molecule has 2 N–H and O–H groups in total. The van der Waals surface area contributed by atoms with Gasteiger partial charge < -0.3 is 14.8 Å². The molecule has 1 heterocycles. The van der Waals surface area contributed by atoms with Gasteiger partial charge >= 0.3 is 0 Å². The molecule has 0 atom stereocenters. The van der Waals surface area contributed by atoms with Gasteiger partial charge in [0.1, 0.15) is 12.3 Å². The fourth-order valence-electron chi connectivity index (χ4n) is 2.40. The van der Waals surface area contributed by atoms with Gasteiger partial charge in [0, 0.05) is 15.6 Å². The van der Waals surface area contributed by atoms with Crippen molar-refractivity contribution < 1.29 is 14.3 Å². The van der Waals surface area contributed by atoms with Gasteiger partial charge in [0.15, 0.2) is 16.6 Å². The molecule has 9 heteroatoms. The maximum Gasteiger partial charge on any atom is 0.273 e. The highest BCUT2D eigenvalue weighted by molar-refractivity contribution is 9.10. The number of hydrogen-bond acceptors (Lipinski definition) is 4. The third kappa shape index (κ3) is 4.73. The van der Waals surface area contributed by atoms with Crippen molar-refractivity contribution in [3.8, 4) is 11.5 Å². The Morgan fingerprint density at radius 2 is 2.00 bits per heavy atom. The summed E-state index contributed by atoms with van der Waals surface area (Å²) >= 11 is 20.5. The zero-order valence-corrected chi connectivity index (χ0v) is 17.9. The molecule has 0 bridgehead atoms. The summed E-state index contributed by atoms with van der Waals surface area (Å²) in [6.07, 6.45) is 1.67. The molecule has 2 aromatic rings. The predicted octanol–water partition coefficient (Wildman–Crippen LogP) is 4.69. The fraction of sp³-hybridized carbons (Fsp3) is 0.111. The highest BCUT2D eigenvalue weighted by Gasteiger charge is 2.20. The summed E-state index contributed by atoms with van der Waals surface area (Å²) in [6.45, 7) is 0.240. The summed E-state index contributed by atoms with van der Waals surface area (Å²) in [4.78, 5) is 11.8. The van der Waals surface area contributed by atoms with Crippen LogP contribution in [0.1, 0.15) is 11.1 Å². The largest absolute Gasteiger partial charge is 0.493 e. The number of carbonyl (C=O) groups is 1. The Kier molecular flexibility index (Phi) is 6.26. The van der Waals surface area contributed by atoms with Crippen LogP contribution in [0.3, 0.4) is 0 Å². The van der Waals surface area contributed by atoms with Gasteiger partial charge in [0.25, 0.3) is 5.91 Å². The first kappa shape index (κ1) is 19.9. The van der Waals surface area contributed by atoms with Crippen LogP contribution in [-0.4, -0.2) is 18.1 Å². The van der Waals surface area contributed by atoms with E-state index in [0.29, 0.717) is 31.7 Å². The van der Waals surface area contributed by atoms with Crippen molar-refractivity contribution >= 4 is 68.4 Å². The molecule has 0 aromatic heterocycles. The lowest BCUT2D eigenvalue weighted by atomic mass is 10.1. The molecule has 5 nitrogen and oxygen atoms in total. The fourth-order valence-corrected chi connectivity index (χ4v) is 3.64. The first-order valence-electron chi connectivity index (χ1n) is 7.65. The standard InChI is InChI=1S/C18H13BrCl2N2O3S/c1-25-15-6-9(5-14-17(24)23-18(27)22-14)4-12(19)16(15)26-8-10-2-3-11(20)7-13(10)21/h2-7H,8H2,1H3,(H2,22,23,24,27)/b14-5+. The van der Waals surface area contributed by atoms with E-state index in [9.17, 15) is 4.79 Å². The second-order valence-electron chi connectivity index (χ2n) is 5.52. The number of halogens is 3. The Bertz CT molecular complexity index is 966. The molecule has 0 radical (unpaired) electrons. The summed E-state index contributed by atoms with van der Waals surface area (Å²) in [5, 5.41) is 6.67. The summed E-state index contributed by atoms with van der Waals surface area (Å²) in [6, 6.07) is 8.78. The third-order valence-corrected chi connectivity index (χ3v) is 5.05. The number of carbonyl (C=O) groups excluding carboxylic acids is 1. The highest BCUT2D eigenvalue weighted by Crippen LogP contribution is 2.38. The molecule has 1 aliphatic heterocycles. The molecule has 1 saturated heterocycles. The van der Waals surface area contributed by atoms with Gasteiger partial charge in [0.05, 0.1) is 11.6 Å². The van der Waals surface area contributed by atoms with Crippen LogP contribution in [0.25, 0.3) is 6.08 Å². The minimum Gasteiger partial charge on any atom is -0.493 e. The second-order valence-corrected chi connectivity index (χ2v) is 7.63. The van der Waals surface area contributed by atoms with E-state index in [-0.39, 0.29) is 17.6 Å². The average Bonchev–Trinajstić information content (AvgIpc) is 2.92. The number of rotatable bonds is 5. The quantitative estimate of drug-likeness (QED) is 0.473. The lowest BCUT2D eigenvalue weighted by molar-refractivity contribution is -0.115. The lowest BCUT2D eigenvalue weighted by Gasteiger charge is -2.14. The van der Waals surface area contributed by atoms with Gasteiger partial charge in [-0.2, -0.15) is 0 Å². The molecule has 0 saturated carbocycles. The van der Waals surface area contributed by atoms with Crippen LogP contribution < -0.4 is 20.1 Å². The van der Waals surface area contributed by atoms with E-state index in [2.05, 4.69) is 26.6 Å². The maximum absolute atomic E-state index is 11.8. The number of hydrogen-bond donors (Lipinski definition) is 2. The van der Waals surface area contributed by atoms with Crippen LogP contribution in [0.4, 0.5) is 0 Å². The van der Waals surface area contributed by atoms with E-state index in [4.69, 9.17) is 44.9 Å². The zero-order chi connectivity index (χ0) is 19.6. The highest BCUT2D eigenvalue weighted by atomic mass is 79.9. The Hall–Kier alpha value is -1.80. The average molecular weight is 488 g/mol. The van der Waals surface area contributed by atoms with Gasteiger partial charge in [-0.3, -0.25) is 10.1 Å². The van der Waals surface area contributed by atoms with Gasteiger partial charge in [-0.1, -0.05) is 29.3 Å². The molecule has 27 heavy (non-hydrogen) atoms. The van der Waals surface area contributed by atoms with E-state index in [1.165, 1.54) is 7.11 Å². The summed E-state index contributed by atoms with van der Waals surface area (Å²) < 4.78 is 12.0. The normalized spacial score (nSPS) is 14.9. The first-order chi connectivity index (χ1) is 12.9. The van der Waals surface area contributed by atoms with E-state index >= 15 is 0 Å². The topological polar surface area (TPSA) is 59.6 Å². The number of methoxy groups -OCH3 is 1. The molecule has 0 spiro atoms. The number of nitrogens with one attached hydrogen (secondary N) is 2. The second kappa shape index (κ2) is 8.48. The molecule has 3 rings (SSSR count). The minimum absolute atomic E-state index is 0.240. The van der Waals surface area contributed by atoms with Crippen molar-refractivity contribution in [2.75, 3.05) is 7.11 Å². The Balaban J connectivity index is 1.85. The lowest BCUT2D eigenvalue weighted by Crippen LogP contribution is -2.21. The Morgan fingerprint density at radius 1 is 1.22 bits per heavy atom. The predicted molar refractivity (Wildman–Crippen MR) is 113 cm³/mol.